The molecule has 1 atom stereocenters. The van der Waals surface area contributed by atoms with Gasteiger partial charge in [-0.15, -0.1) is 0 Å². The van der Waals surface area contributed by atoms with Crippen LogP contribution in [0.25, 0.3) is 0 Å². The lowest BCUT2D eigenvalue weighted by Gasteiger charge is -2.18. The number of hydrogen-bond acceptors (Lipinski definition) is 6. The van der Waals surface area contributed by atoms with Crippen molar-refractivity contribution >= 4 is 17.9 Å². The first-order valence-corrected chi connectivity index (χ1v) is 21.5. The molecule has 0 bridgehead atoms. The summed E-state index contributed by atoms with van der Waals surface area (Å²) < 4.78 is 16.4. The van der Waals surface area contributed by atoms with Gasteiger partial charge in [0.2, 0.25) is 0 Å². The molecule has 0 radical (unpaired) electrons. The summed E-state index contributed by atoms with van der Waals surface area (Å²) >= 11 is 0. The molecule has 0 aliphatic rings. The van der Waals surface area contributed by atoms with Gasteiger partial charge in [0.05, 0.1) is 6.42 Å². The fraction of sp³-hybridized carbons (Fsp3) is 0.540. The highest BCUT2D eigenvalue weighted by atomic mass is 16.6. The Hall–Kier alpha value is -4.19. The van der Waals surface area contributed by atoms with Gasteiger partial charge in [0, 0.05) is 12.8 Å². The second-order valence-electron chi connectivity index (χ2n) is 13.5. The number of esters is 3. The largest absolute Gasteiger partial charge is 0.462 e. The van der Waals surface area contributed by atoms with Crippen LogP contribution in [-0.2, 0) is 28.6 Å². The van der Waals surface area contributed by atoms with E-state index in [-0.39, 0.29) is 38.0 Å². The second kappa shape index (κ2) is 43.5. The second-order valence-corrected chi connectivity index (χ2v) is 13.5. The van der Waals surface area contributed by atoms with Crippen LogP contribution in [-0.4, -0.2) is 37.2 Å². The van der Waals surface area contributed by atoms with Crippen molar-refractivity contribution in [2.45, 2.75) is 162 Å². The molecule has 0 aliphatic heterocycles. The predicted octanol–water partition coefficient (Wildman–Crippen LogP) is 13.8. The van der Waals surface area contributed by atoms with Gasteiger partial charge in [0.1, 0.15) is 13.2 Å². The monoisotopic (exact) mass is 773 g/mol. The molecule has 0 amide bonds. The fourth-order valence-electron chi connectivity index (χ4n) is 5.10. The quantitative estimate of drug-likeness (QED) is 0.0273. The lowest BCUT2D eigenvalue weighted by molar-refractivity contribution is -0.166. The first kappa shape index (κ1) is 51.8. The van der Waals surface area contributed by atoms with E-state index in [1.54, 1.807) is 6.08 Å². The van der Waals surface area contributed by atoms with E-state index in [2.05, 4.69) is 124 Å². The van der Waals surface area contributed by atoms with Crippen molar-refractivity contribution in [3.8, 4) is 0 Å². The van der Waals surface area contributed by atoms with Crippen molar-refractivity contribution in [3.05, 3.63) is 122 Å². The Bertz CT molecular complexity index is 1260. The van der Waals surface area contributed by atoms with Gasteiger partial charge >= 0.3 is 17.9 Å². The van der Waals surface area contributed by atoms with Gasteiger partial charge < -0.3 is 14.2 Å². The summed E-state index contributed by atoms with van der Waals surface area (Å²) in [4.78, 5) is 37.4. The molecule has 0 saturated heterocycles. The Balaban J connectivity index is 4.43. The molecule has 0 aromatic carbocycles. The molecule has 6 nitrogen and oxygen atoms in total. The Kier molecular flexibility index (Phi) is 40.3. The summed E-state index contributed by atoms with van der Waals surface area (Å²) in [5.41, 5.74) is 0. The molecule has 0 saturated carbocycles. The highest BCUT2D eigenvalue weighted by molar-refractivity contribution is 5.72. The summed E-state index contributed by atoms with van der Waals surface area (Å²) in [6, 6.07) is 0. The minimum atomic E-state index is -0.851. The maximum atomic E-state index is 12.5. The number of unbranched alkanes of at least 4 members (excludes halogenated alkanes) is 6. The molecular formula is C50H76O6. The molecule has 0 heterocycles. The van der Waals surface area contributed by atoms with Crippen molar-refractivity contribution in [2.75, 3.05) is 13.2 Å². The summed E-state index contributed by atoms with van der Waals surface area (Å²) in [6.45, 7) is 6.06. The first-order valence-electron chi connectivity index (χ1n) is 21.5. The fourth-order valence-corrected chi connectivity index (χ4v) is 5.10. The van der Waals surface area contributed by atoms with Crippen LogP contribution in [0.4, 0.5) is 0 Å². The standard InChI is InChI=1S/C50H76O6/c1-4-7-10-13-16-18-20-22-24-25-27-29-31-33-35-38-40-43-49(52)55-46-47(56-50(53)44-41-36-15-12-9-6-3)45-54-48(51)42-39-37-34-32-30-28-26-23-21-19-17-14-11-8-5-2/h7-12,16-19,22-24,26-27,29,33,35-36,41,47H,4-6,13-15,20-21,25,28,30-32,34,37-40,42-46H2,1-3H3/b10-7-,11-8-,12-9-,18-16-,19-17-,24-22-,26-23-,29-27-,35-33-,41-36-. The lowest BCUT2D eigenvalue weighted by Crippen LogP contribution is -2.30. The lowest BCUT2D eigenvalue weighted by atomic mass is 10.1. The van der Waals surface area contributed by atoms with E-state index in [4.69, 9.17) is 14.2 Å². The Morgan fingerprint density at radius 3 is 1.16 bits per heavy atom. The third-order valence-electron chi connectivity index (χ3n) is 8.23. The number of hydrogen-bond donors (Lipinski definition) is 0. The number of carbonyl (C=O) groups excluding carboxylic acids is 3. The van der Waals surface area contributed by atoms with Crippen molar-refractivity contribution in [3.63, 3.8) is 0 Å². The molecule has 0 spiro atoms. The molecule has 312 valence electrons. The van der Waals surface area contributed by atoms with Crippen molar-refractivity contribution in [1.82, 2.24) is 0 Å². The van der Waals surface area contributed by atoms with Crippen LogP contribution in [0.5, 0.6) is 0 Å². The van der Waals surface area contributed by atoms with Crippen LogP contribution < -0.4 is 0 Å². The van der Waals surface area contributed by atoms with Gasteiger partial charge in [0.25, 0.3) is 0 Å². The molecule has 0 aliphatic carbocycles. The molecule has 56 heavy (non-hydrogen) atoms. The maximum absolute atomic E-state index is 12.5. The molecule has 1 unspecified atom stereocenters. The number of rotatable bonds is 36. The number of carbonyl (C=O) groups is 3. The highest BCUT2D eigenvalue weighted by Crippen LogP contribution is 2.10. The van der Waals surface area contributed by atoms with E-state index >= 15 is 0 Å². The zero-order valence-electron chi connectivity index (χ0n) is 35.3. The smallest absolute Gasteiger partial charge is 0.310 e. The van der Waals surface area contributed by atoms with E-state index in [1.807, 2.05) is 12.2 Å². The van der Waals surface area contributed by atoms with E-state index in [0.717, 1.165) is 109 Å². The first-order chi connectivity index (χ1) is 27.5. The average molecular weight is 773 g/mol. The van der Waals surface area contributed by atoms with E-state index < -0.39 is 12.1 Å². The maximum Gasteiger partial charge on any atom is 0.310 e. The van der Waals surface area contributed by atoms with Crippen LogP contribution in [0.15, 0.2) is 122 Å². The molecule has 0 N–H and O–H groups in total. The van der Waals surface area contributed by atoms with Crippen LogP contribution in [0, 0.1) is 0 Å². The molecular weight excluding hydrogens is 697 g/mol. The average Bonchev–Trinajstić information content (AvgIpc) is 3.19. The Morgan fingerprint density at radius 2 is 0.714 bits per heavy atom. The molecule has 6 heteroatoms. The van der Waals surface area contributed by atoms with Crippen molar-refractivity contribution in [2.24, 2.45) is 0 Å². The van der Waals surface area contributed by atoms with Crippen LogP contribution in [0.3, 0.4) is 0 Å². The summed E-state index contributed by atoms with van der Waals surface area (Å²) in [5, 5.41) is 0. The summed E-state index contributed by atoms with van der Waals surface area (Å²) in [5.74, 6) is -1.16. The third-order valence-corrected chi connectivity index (χ3v) is 8.23. The zero-order chi connectivity index (χ0) is 40.8. The minimum absolute atomic E-state index is 0.0926. The van der Waals surface area contributed by atoms with Crippen molar-refractivity contribution < 1.29 is 28.6 Å². The van der Waals surface area contributed by atoms with Gasteiger partial charge in [-0.1, -0.05) is 162 Å². The van der Waals surface area contributed by atoms with E-state index in [0.29, 0.717) is 12.8 Å². The van der Waals surface area contributed by atoms with Gasteiger partial charge in [-0.25, -0.2) is 0 Å². The third kappa shape index (κ3) is 41.0. The molecule has 0 rings (SSSR count). The number of ether oxygens (including phenoxy) is 3. The summed E-state index contributed by atoms with van der Waals surface area (Å²) in [6.07, 6.45) is 59.6. The van der Waals surface area contributed by atoms with E-state index in [9.17, 15) is 14.4 Å². The minimum Gasteiger partial charge on any atom is -0.462 e. The van der Waals surface area contributed by atoms with Gasteiger partial charge in [-0.2, -0.15) is 0 Å². The van der Waals surface area contributed by atoms with Gasteiger partial charge in [-0.05, 0) is 96.3 Å². The van der Waals surface area contributed by atoms with Crippen LogP contribution >= 0.6 is 0 Å². The van der Waals surface area contributed by atoms with E-state index in [1.165, 1.54) is 0 Å². The molecule has 0 fully saturated rings. The van der Waals surface area contributed by atoms with Crippen molar-refractivity contribution in [1.29, 1.82) is 0 Å². The Morgan fingerprint density at radius 1 is 0.375 bits per heavy atom. The SMILES string of the molecule is CC/C=C\C/C=C\C/C=C\C/C=C\C/C=C\CCCC(=O)OCC(COC(=O)CCCCCCC/C=C\C/C=C\C/C=C\CC)OC(=O)C/C=C\C/C=C\CC. The van der Waals surface area contributed by atoms with Crippen LogP contribution in [0.2, 0.25) is 0 Å². The topological polar surface area (TPSA) is 78.9 Å². The predicted molar refractivity (Wildman–Crippen MR) is 237 cm³/mol. The zero-order valence-corrected chi connectivity index (χ0v) is 35.3. The normalized spacial score (nSPS) is 13.3. The summed E-state index contributed by atoms with van der Waals surface area (Å²) in [7, 11) is 0. The molecule has 0 aromatic heterocycles. The van der Waals surface area contributed by atoms with Gasteiger partial charge in [-0.3, -0.25) is 14.4 Å². The number of allylic oxidation sites excluding steroid dienone is 19. The Labute approximate surface area is 342 Å². The van der Waals surface area contributed by atoms with Crippen LogP contribution in [0.1, 0.15) is 156 Å². The molecule has 0 aromatic rings. The highest BCUT2D eigenvalue weighted by Gasteiger charge is 2.19. The van der Waals surface area contributed by atoms with Gasteiger partial charge in [0.15, 0.2) is 6.10 Å².